The SMILES string of the molecule is Cc1ccc(N(c2ccc(C)cc2)C23CC4CC(CC(c5ncccn5)(C4)C2)C3)cc1. The first-order valence-electron chi connectivity index (χ1n) is 11.8. The van der Waals surface area contributed by atoms with Crippen LogP contribution in [0.4, 0.5) is 11.4 Å². The number of hydrogen-bond acceptors (Lipinski definition) is 3. The Morgan fingerprint density at radius 1 is 0.742 bits per heavy atom. The van der Waals surface area contributed by atoms with E-state index in [1.54, 1.807) is 0 Å². The van der Waals surface area contributed by atoms with Gasteiger partial charge in [-0.3, -0.25) is 0 Å². The quantitative estimate of drug-likeness (QED) is 0.491. The van der Waals surface area contributed by atoms with E-state index in [2.05, 4.69) is 67.3 Å². The Kier molecular flexibility index (Phi) is 4.25. The second kappa shape index (κ2) is 6.91. The Balaban J connectivity index is 1.50. The number of anilines is 2. The van der Waals surface area contributed by atoms with Crippen molar-refractivity contribution in [2.45, 2.75) is 63.3 Å². The third kappa shape index (κ3) is 3.09. The molecule has 0 radical (unpaired) electrons. The van der Waals surface area contributed by atoms with Crippen LogP contribution in [0.5, 0.6) is 0 Å². The first kappa shape index (κ1) is 19.0. The van der Waals surface area contributed by atoms with Crippen molar-refractivity contribution in [1.82, 2.24) is 9.97 Å². The summed E-state index contributed by atoms with van der Waals surface area (Å²) in [7, 11) is 0. The van der Waals surface area contributed by atoms with Gasteiger partial charge in [0.05, 0.1) is 0 Å². The first-order valence-corrected chi connectivity index (χ1v) is 11.8. The third-order valence-electron chi connectivity index (χ3n) is 8.13. The molecular weight excluding hydrogens is 378 g/mol. The molecule has 2 atom stereocenters. The molecule has 4 bridgehead atoms. The van der Waals surface area contributed by atoms with E-state index in [9.17, 15) is 0 Å². The summed E-state index contributed by atoms with van der Waals surface area (Å²) in [4.78, 5) is 12.3. The van der Waals surface area contributed by atoms with E-state index in [1.807, 2.05) is 18.5 Å². The van der Waals surface area contributed by atoms with Gasteiger partial charge in [-0.1, -0.05) is 35.4 Å². The highest BCUT2D eigenvalue weighted by Crippen LogP contribution is 2.64. The molecule has 4 fully saturated rings. The fourth-order valence-corrected chi connectivity index (χ4v) is 7.39. The van der Waals surface area contributed by atoms with Crippen LogP contribution >= 0.6 is 0 Å². The van der Waals surface area contributed by atoms with Crippen molar-refractivity contribution < 1.29 is 0 Å². The lowest BCUT2D eigenvalue weighted by molar-refractivity contribution is -0.0262. The van der Waals surface area contributed by atoms with E-state index in [-0.39, 0.29) is 11.0 Å². The van der Waals surface area contributed by atoms with Crippen molar-refractivity contribution in [3.63, 3.8) is 0 Å². The van der Waals surface area contributed by atoms with Crippen molar-refractivity contribution >= 4 is 11.4 Å². The molecule has 158 valence electrons. The highest BCUT2D eigenvalue weighted by atomic mass is 15.2. The molecular formula is C28H31N3. The molecule has 0 N–H and O–H groups in total. The predicted octanol–water partition coefficient (Wildman–Crippen LogP) is 6.52. The molecule has 0 aliphatic heterocycles. The molecule has 2 aromatic carbocycles. The number of hydrogen-bond donors (Lipinski definition) is 0. The minimum atomic E-state index is 0.124. The zero-order valence-electron chi connectivity index (χ0n) is 18.6. The van der Waals surface area contributed by atoms with Gasteiger partial charge < -0.3 is 4.90 Å². The average Bonchev–Trinajstić information content (AvgIpc) is 2.76. The van der Waals surface area contributed by atoms with E-state index >= 15 is 0 Å². The highest BCUT2D eigenvalue weighted by Gasteiger charge is 2.61. The Morgan fingerprint density at radius 3 is 1.77 bits per heavy atom. The number of aryl methyl sites for hydroxylation is 2. The first-order chi connectivity index (χ1) is 15.1. The largest absolute Gasteiger partial charge is 0.335 e. The lowest BCUT2D eigenvalue weighted by atomic mass is 9.46. The molecule has 1 heterocycles. The predicted molar refractivity (Wildman–Crippen MR) is 126 cm³/mol. The number of nitrogens with zero attached hydrogens (tertiary/aromatic N) is 3. The van der Waals surface area contributed by atoms with Crippen LogP contribution in [0.25, 0.3) is 0 Å². The molecule has 2 unspecified atom stereocenters. The van der Waals surface area contributed by atoms with Crippen LogP contribution in [-0.2, 0) is 5.41 Å². The highest BCUT2D eigenvalue weighted by molar-refractivity contribution is 5.67. The third-order valence-corrected chi connectivity index (χ3v) is 8.13. The molecule has 0 saturated heterocycles. The van der Waals surface area contributed by atoms with Gasteiger partial charge in [-0.25, -0.2) is 9.97 Å². The smallest absolute Gasteiger partial charge is 0.134 e. The molecule has 3 nitrogen and oxygen atoms in total. The monoisotopic (exact) mass is 409 g/mol. The zero-order valence-corrected chi connectivity index (χ0v) is 18.6. The summed E-state index contributed by atoms with van der Waals surface area (Å²) < 4.78 is 0. The molecule has 1 aromatic heterocycles. The van der Waals surface area contributed by atoms with Crippen LogP contribution in [0, 0.1) is 25.7 Å². The topological polar surface area (TPSA) is 29.0 Å². The van der Waals surface area contributed by atoms with Crippen molar-refractivity contribution in [3.05, 3.63) is 83.9 Å². The van der Waals surface area contributed by atoms with Gasteiger partial charge in [-0.2, -0.15) is 0 Å². The van der Waals surface area contributed by atoms with Crippen LogP contribution in [0.15, 0.2) is 67.0 Å². The summed E-state index contributed by atoms with van der Waals surface area (Å²) in [5.74, 6) is 2.62. The van der Waals surface area contributed by atoms with E-state index in [1.165, 1.54) is 54.6 Å². The second-order valence-electron chi connectivity index (χ2n) is 10.5. The maximum absolute atomic E-state index is 4.80. The standard InChI is InChI=1S/C28H31N3/c1-20-4-8-24(9-5-20)31(25-10-6-21(2)7-11-25)28-17-22-14-23(18-28)16-27(15-22,19-28)26-29-12-3-13-30-26/h3-13,22-23H,14-19H2,1-2H3. The Bertz CT molecular complexity index is 1010. The molecule has 7 rings (SSSR count). The number of benzene rings is 2. The fraction of sp³-hybridized carbons (Fsp3) is 0.429. The van der Waals surface area contributed by atoms with Crippen molar-refractivity contribution in [2.75, 3.05) is 4.90 Å². The maximum Gasteiger partial charge on any atom is 0.134 e. The van der Waals surface area contributed by atoms with E-state index in [0.29, 0.717) is 0 Å². The Labute approximate surface area is 185 Å². The number of rotatable bonds is 4. The molecule has 4 aliphatic rings. The average molecular weight is 410 g/mol. The summed E-state index contributed by atoms with van der Waals surface area (Å²) in [6.07, 6.45) is 11.5. The maximum atomic E-state index is 4.80. The van der Waals surface area contributed by atoms with Crippen LogP contribution in [0.2, 0.25) is 0 Å². The van der Waals surface area contributed by atoms with Gasteiger partial charge in [-0.05, 0) is 94.5 Å². The molecule has 31 heavy (non-hydrogen) atoms. The minimum Gasteiger partial charge on any atom is -0.335 e. The zero-order chi connectivity index (χ0) is 21.1. The molecule has 3 aromatic rings. The minimum absolute atomic E-state index is 0.124. The summed E-state index contributed by atoms with van der Waals surface area (Å²) >= 11 is 0. The molecule has 3 heteroatoms. The summed E-state index contributed by atoms with van der Waals surface area (Å²) in [6, 6.07) is 20.3. The van der Waals surface area contributed by atoms with Gasteiger partial charge in [0.1, 0.15) is 5.82 Å². The normalized spacial score (nSPS) is 31.0. The van der Waals surface area contributed by atoms with E-state index < -0.39 is 0 Å². The second-order valence-corrected chi connectivity index (χ2v) is 10.5. The van der Waals surface area contributed by atoms with Gasteiger partial charge in [0.2, 0.25) is 0 Å². The van der Waals surface area contributed by atoms with Crippen LogP contribution < -0.4 is 4.90 Å². The van der Waals surface area contributed by atoms with E-state index in [0.717, 1.165) is 24.1 Å². The van der Waals surface area contributed by atoms with Crippen LogP contribution in [0.3, 0.4) is 0 Å². The van der Waals surface area contributed by atoms with Crippen molar-refractivity contribution in [2.24, 2.45) is 11.8 Å². The fourth-order valence-electron chi connectivity index (χ4n) is 7.39. The van der Waals surface area contributed by atoms with E-state index in [4.69, 9.17) is 9.97 Å². The molecule has 0 amide bonds. The van der Waals surface area contributed by atoms with Crippen molar-refractivity contribution in [3.8, 4) is 0 Å². The molecule has 4 saturated carbocycles. The molecule has 0 spiro atoms. The summed E-state index contributed by atoms with van der Waals surface area (Å²) in [5, 5.41) is 0. The number of aromatic nitrogens is 2. The van der Waals surface area contributed by atoms with Gasteiger partial charge in [0, 0.05) is 34.7 Å². The lowest BCUT2D eigenvalue weighted by Gasteiger charge is -2.64. The van der Waals surface area contributed by atoms with Crippen LogP contribution in [0.1, 0.15) is 55.5 Å². The summed E-state index contributed by atoms with van der Waals surface area (Å²) in [6.45, 7) is 4.35. The Morgan fingerprint density at radius 2 is 1.26 bits per heavy atom. The van der Waals surface area contributed by atoms with Gasteiger partial charge >= 0.3 is 0 Å². The summed E-state index contributed by atoms with van der Waals surface area (Å²) in [5.41, 5.74) is 5.52. The molecule has 4 aliphatic carbocycles. The van der Waals surface area contributed by atoms with Crippen molar-refractivity contribution in [1.29, 1.82) is 0 Å². The van der Waals surface area contributed by atoms with Gasteiger partial charge in [-0.15, -0.1) is 0 Å². The lowest BCUT2D eigenvalue weighted by Crippen LogP contribution is -2.64. The van der Waals surface area contributed by atoms with Crippen LogP contribution in [-0.4, -0.2) is 15.5 Å². The van der Waals surface area contributed by atoms with Gasteiger partial charge in [0.25, 0.3) is 0 Å². The van der Waals surface area contributed by atoms with Gasteiger partial charge in [0.15, 0.2) is 0 Å². The Hall–Kier alpha value is -2.68.